The molecule has 0 saturated carbocycles. The van der Waals surface area contributed by atoms with Crippen LogP contribution >= 0.6 is 11.3 Å². The Kier molecular flexibility index (Phi) is 3.91. The molecule has 2 heterocycles. The van der Waals surface area contributed by atoms with E-state index in [2.05, 4.69) is 0 Å². The molecule has 92 valence electrons. The lowest BCUT2D eigenvalue weighted by molar-refractivity contribution is -0.138. The Bertz CT molecular complexity index is 396. The second-order valence-corrected chi connectivity index (χ2v) is 5.15. The minimum atomic E-state index is -0.910. The first-order valence-electron chi connectivity index (χ1n) is 5.72. The van der Waals surface area contributed by atoms with E-state index >= 15 is 0 Å². The highest BCUT2D eigenvalue weighted by molar-refractivity contribution is 7.12. The van der Waals surface area contributed by atoms with E-state index in [-0.39, 0.29) is 12.2 Å². The van der Waals surface area contributed by atoms with Crippen LogP contribution in [0.5, 0.6) is 0 Å². The van der Waals surface area contributed by atoms with E-state index in [4.69, 9.17) is 5.11 Å². The molecule has 0 radical (unpaired) electrons. The van der Waals surface area contributed by atoms with Crippen molar-refractivity contribution in [2.75, 3.05) is 13.1 Å². The summed E-state index contributed by atoms with van der Waals surface area (Å²) >= 11 is 1.38. The van der Waals surface area contributed by atoms with Crippen LogP contribution in [0.2, 0.25) is 0 Å². The van der Waals surface area contributed by atoms with Crippen molar-refractivity contribution in [3.05, 3.63) is 22.4 Å². The lowest BCUT2D eigenvalue weighted by Gasteiger charge is -2.24. The first-order chi connectivity index (χ1) is 8.18. The van der Waals surface area contributed by atoms with Gasteiger partial charge in [-0.2, -0.15) is 0 Å². The van der Waals surface area contributed by atoms with Crippen LogP contribution in [0.4, 0.5) is 0 Å². The summed E-state index contributed by atoms with van der Waals surface area (Å²) in [5, 5.41) is 10.8. The molecule has 1 aliphatic rings. The van der Waals surface area contributed by atoms with Crippen molar-refractivity contribution < 1.29 is 14.7 Å². The molecule has 1 N–H and O–H groups in total. The number of aliphatic carboxylic acids is 1. The molecule has 1 unspecified atom stereocenters. The number of carbonyl (C=O) groups excluding carboxylic acids is 1. The standard InChI is InChI=1S/C12H15NO3S/c14-11(15)8-9(13-5-1-2-6-13)12(16)10-4-3-7-17-10/h3-4,7,9H,1-2,5-6,8H2,(H,14,15). The molecule has 0 spiro atoms. The van der Waals surface area contributed by atoms with Crippen LogP contribution in [-0.4, -0.2) is 40.9 Å². The number of likely N-dealkylation sites (tertiary alicyclic amines) is 1. The number of Topliss-reactive ketones (excluding diaryl/α,β-unsaturated/α-hetero) is 1. The van der Waals surface area contributed by atoms with E-state index in [1.54, 1.807) is 6.07 Å². The number of ketones is 1. The van der Waals surface area contributed by atoms with Gasteiger partial charge >= 0.3 is 5.97 Å². The predicted molar refractivity (Wildman–Crippen MR) is 65.5 cm³/mol. The highest BCUT2D eigenvalue weighted by Crippen LogP contribution is 2.20. The Balaban J connectivity index is 2.14. The number of carbonyl (C=O) groups is 2. The van der Waals surface area contributed by atoms with Gasteiger partial charge in [-0.15, -0.1) is 11.3 Å². The van der Waals surface area contributed by atoms with Crippen LogP contribution in [0.15, 0.2) is 17.5 Å². The average Bonchev–Trinajstić information content (AvgIpc) is 2.96. The van der Waals surface area contributed by atoms with Gasteiger partial charge in [0.1, 0.15) is 0 Å². The van der Waals surface area contributed by atoms with Crippen molar-refractivity contribution in [2.24, 2.45) is 0 Å². The monoisotopic (exact) mass is 253 g/mol. The molecule has 1 atom stereocenters. The van der Waals surface area contributed by atoms with Crippen LogP contribution in [0, 0.1) is 0 Å². The SMILES string of the molecule is O=C(O)CC(C(=O)c1cccs1)N1CCCC1. The van der Waals surface area contributed by atoms with E-state index in [0.29, 0.717) is 4.88 Å². The second-order valence-electron chi connectivity index (χ2n) is 4.20. The molecule has 2 rings (SSSR count). The van der Waals surface area contributed by atoms with Gasteiger partial charge in [0.25, 0.3) is 0 Å². The number of nitrogens with zero attached hydrogens (tertiary/aromatic N) is 1. The van der Waals surface area contributed by atoms with Crippen LogP contribution in [-0.2, 0) is 4.79 Å². The van der Waals surface area contributed by atoms with Crippen molar-refractivity contribution in [1.29, 1.82) is 0 Å². The summed E-state index contributed by atoms with van der Waals surface area (Å²) in [5.74, 6) is -0.962. The van der Waals surface area contributed by atoms with Crippen molar-refractivity contribution in [3.63, 3.8) is 0 Å². The number of carboxylic acid groups (broad SMARTS) is 1. The summed E-state index contributed by atoms with van der Waals surface area (Å²) in [6, 6.07) is 3.09. The quantitative estimate of drug-likeness (QED) is 0.814. The zero-order valence-corrected chi connectivity index (χ0v) is 10.3. The van der Waals surface area contributed by atoms with Gasteiger partial charge in [-0.25, -0.2) is 0 Å². The molecule has 5 heteroatoms. The minimum absolute atomic E-state index is 0.0516. The maximum atomic E-state index is 12.2. The summed E-state index contributed by atoms with van der Waals surface area (Å²) in [5.41, 5.74) is 0. The summed E-state index contributed by atoms with van der Waals surface area (Å²) < 4.78 is 0. The molecule has 17 heavy (non-hydrogen) atoms. The van der Waals surface area contributed by atoms with Gasteiger partial charge in [0.2, 0.25) is 0 Å². The topological polar surface area (TPSA) is 57.6 Å². The summed E-state index contributed by atoms with van der Waals surface area (Å²) in [7, 11) is 0. The van der Waals surface area contributed by atoms with Crippen LogP contribution in [0.3, 0.4) is 0 Å². The van der Waals surface area contributed by atoms with Gasteiger partial charge in [0, 0.05) is 0 Å². The van der Waals surface area contributed by atoms with E-state index < -0.39 is 12.0 Å². The molecular weight excluding hydrogens is 238 g/mol. The van der Waals surface area contributed by atoms with Gasteiger partial charge in [0.05, 0.1) is 17.3 Å². The van der Waals surface area contributed by atoms with Gasteiger partial charge < -0.3 is 5.11 Å². The lowest BCUT2D eigenvalue weighted by Crippen LogP contribution is -2.40. The second kappa shape index (κ2) is 5.42. The average molecular weight is 253 g/mol. The highest BCUT2D eigenvalue weighted by atomic mass is 32.1. The van der Waals surface area contributed by atoms with Crippen molar-refractivity contribution in [2.45, 2.75) is 25.3 Å². The fourth-order valence-corrected chi connectivity index (χ4v) is 2.90. The fourth-order valence-electron chi connectivity index (χ4n) is 2.19. The third-order valence-corrected chi connectivity index (χ3v) is 3.90. The summed E-state index contributed by atoms with van der Waals surface area (Å²) in [4.78, 5) is 25.8. The Morgan fingerprint density at radius 1 is 1.41 bits per heavy atom. The molecule has 0 bridgehead atoms. The van der Waals surface area contributed by atoms with Crippen molar-refractivity contribution in [1.82, 2.24) is 4.90 Å². The maximum absolute atomic E-state index is 12.2. The normalized spacial score (nSPS) is 18.1. The first kappa shape index (κ1) is 12.3. The third kappa shape index (κ3) is 2.92. The number of thiophene rings is 1. The molecule has 1 fully saturated rings. The Morgan fingerprint density at radius 3 is 2.65 bits per heavy atom. The fraction of sp³-hybridized carbons (Fsp3) is 0.500. The first-order valence-corrected chi connectivity index (χ1v) is 6.60. The number of hydrogen-bond acceptors (Lipinski definition) is 4. The van der Waals surface area contributed by atoms with Gasteiger partial charge in [-0.3, -0.25) is 14.5 Å². The molecule has 1 aliphatic heterocycles. The number of hydrogen-bond donors (Lipinski definition) is 1. The molecule has 1 aromatic rings. The van der Waals surface area contributed by atoms with Crippen molar-refractivity contribution in [3.8, 4) is 0 Å². The van der Waals surface area contributed by atoms with Crippen LogP contribution < -0.4 is 0 Å². The van der Waals surface area contributed by atoms with Gasteiger partial charge in [0.15, 0.2) is 5.78 Å². The molecule has 1 aromatic heterocycles. The van der Waals surface area contributed by atoms with Crippen LogP contribution in [0.25, 0.3) is 0 Å². The minimum Gasteiger partial charge on any atom is -0.481 e. The van der Waals surface area contributed by atoms with E-state index in [1.165, 1.54) is 11.3 Å². The van der Waals surface area contributed by atoms with E-state index in [9.17, 15) is 9.59 Å². The molecule has 4 nitrogen and oxygen atoms in total. The van der Waals surface area contributed by atoms with Gasteiger partial charge in [-0.1, -0.05) is 6.07 Å². The maximum Gasteiger partial charge on any atom is 0.305 e. The zero-order valence-electron chi connectivity index (χ0n) is 9.46. The number of rotatable bonds is 5. The largest absolute Gasteiger partial charge is 0.481 e. The molecule has 0 aliphatic carbocycles. The summed E-state index contributed by atoms with van der Waals surface area (Å²) in [6.45, 7) is 1.66. The predicted octanol–water partition coefficient (Wildman–Crippen LogP) is 1.87. The lowest BCUT2D eigenvalue weighted by atomic mass is 10.1. The highest BCUT2D eigenvalue weighted by Gasteiger charge is 2.31. The van der Waals surface area contributed by atoms with E-state index in [0.717, 1.165) is 25.9 Å². The number of carboxylic acids is 1. The molecular formula is C12H15NO3S. The molecule has 0 aromatic carbocycles. The Morgan fingerprint density at radius 2 is 2.12 bits per heavy atom. The molecule has 0 amide bonds. The van der Waals surface area contributed by atoms with Gasteiger partial charge in [-0.05, 0) is 37.4 Å². The third-order valence-electron chi connectivity index (χ3n) is 3.02. The Labute approximate surface area is 104 Å². The summed E-state index contributed by atoms with van der Waals surface area (Å²) in [6.07, 6.45) is 2.00. The smallest absolute Gasteiger partial charge is 0.305 e. The molecule has 1 saturated heterocycles. The van der Waals surface area contributed by atoms with E-state index in [1.807, 2.05) is 16.3 Å². The zero-order chi connectivity index (χ0) is 12.3. The Hall–Kier alpha value is -1.20. The van der Waals surface area contributed by atoms with Crippen molar-refractivity contribution >= 4 is 23.1 Å². The van der Waals surface area contributed by atoms with Crippen LogP contribution in [0.1, 0.15) is 28.9 Å².